The Kier molecular flexibility index (Phi) is 7.94. The SMILES string of the molecule is CCNC(=NCc1ccc(N2CCCC2)nc1)NCc1ccc(C)cc1OC(C)C. The molecule has 0 radical (unpaired) electrons. The van der Waals surface area contributed by atoms with Gasteiger partial charge in [-0.3, -0.25) is 0 Å². The molecule has 0 amide bonds. The first-order chi connectivity index (χ1) is 14.5. The summed E-state index contributed by atoms with van der Waals surface area (Å²) in [5.74, 6) is 2.79. The highest BCUT2D eigenvalue weighted by Crippen LogP contribution is 2.21. The minimum absolute atomic E-state index is 0.142. The summed E-state index contributed by atoms with van der Waals surface area (Å²) in [6.45, 7) is 12.5. The molecule has 30 heavy (non-hydrogen) atoms. The van der Waals surface area contributed by atoms with Crippen LogP contribution in [0.3, 0.4) is 0 Å². The molecule has 0 saturated carbocycles. The van der Waals surface area contributed by atoms with Crippen molar-refractivity contribution in [1.82, 2.24) is 15.6 Å². The molecular formula is C24H35N5O. The fraction of sp³-hybridized carbons (Fsp3) is 0.500. The summed E-state index contributed by atoms with van der Waals surface area (Å²) in [4.78, 5) is 11.7. The average Bonchev–Trinajstić information content (AvgIpc) is 3.26. The number of aryl methyl sites for hydroxylation is 1. The fourth-order valence-electron chi connectivity index (χ4n) is 3.51. The number of anilines is 1. The highest BCUT2D eigenvalue weighted by atomic mass is 16.5. The van der Waals surface area contributed by atoms with Crippen molar-refractivity contribution in [3.63, 3.8) is 0 Å². The fourth-order valence-corrected chi connectivity index (χ4v) is 3.51. The largest absolute Gasteiger partial charge is 0.491 e. The number of nitrogens with zero attached hydrogens (tertiary/aromatic N) is 3. The lowest BCUT2D eigenvalue weighted by molar-refractivity contribution is 0.239. The second-order valence-electron chi connectivity index (χ2n) is 8.05. The van der Waals surface area contributed by atoms with Crippen LogP contribution < -0.4 is 20.3 Å². The number of guanidine groups is 1. The summed E-state index contributed by atoms with van der Waals surface area (Å²) in [6, 6.07) is 10.6. The normalized spacial score (nSPS) is 14.3. The molecule has 1 fully saturated rings. The molecule has 2 heterocycles. The molecule has 1 aromatic heterocycles. The van der Waals surface area contributed by atoms with Gasteiger partial charge in [-0.2, -0.15) is 0 Å². The van der Waals surface area contributed by atoms with Crippen LogP contribution in [0.5, 0.6) is 5.75 Å². The first-order valence-corrected chi connectivity index (χ1v) is 11.0. The molecule has 1 saturated heterocycles. The topological polar surface area (TPSA) is 61.8 Å². The first kappa shape index (κ1) is 21.9. The average molecular weight is 410 g/mol. The first-order valence-electron chi connectivity index (χ1n) is 11.0. The van der Waals surface area contributed by atoms with Gasteiger partial charge >= 0.3 is 0 Å². The summed E-state index contributed by atoms with van der Waals surface area (Å²) in [7, 11) is 0. The highest BCUT2D eigenvalue weighted by molar-refractivity contribution is 5.79. The van der Waals surface area contributed by atoms with Crippen LogP contribution in [0.2, 0.25) is 0 Å². The van der Waals surface area contributed by atoms with E-state index >= 15 is 0 Å². The lowest BCUT2D eigenvalue weighted by Crippen LogP contribution is -2.36. The van der Waals surface area contributed by atoms with E-state index in [2.05, 4.69) is 64.7 Å². The van der Waals surface area contributed by atoms with E-state index in [0.29, 0.717) is 13.1 Å². The second kappa shape index (κ2) is 10.9. The molecule has 2 aromatic rings. The van der Waals surface area contributed by atoms with Crippen molar-refractivity contribution in [1.29, 1.82) is 0 Å². The number of aliphatic imine (C=N–C) groups is 1. The van der Waals surface area contributed by atoms with E-state index in [1.165, 1.54) is 18.4 Å². The van der Waals surface area contributed by atoms with Crippen LogP contribution in [0, 0.1) is 6.92 Å². The Morgan fingerprint density at radius 1 is 1.17 bits per heavy atom. The van der Waals surface area contributed by atoms with E-state index in [4.69, 9.17) is 9.73 Å². The maximum Gasteiger partial charge on any atom is 0.191 e. The minimum Gasteiger partial charge on any atom is -0.491 e. The van der Waals surface area contributed by atoms with Gasteiger partial charge in [0.1, 0.15) is 11.6 Å². The lowest BCUT2D eigenvalue weighted by atomic mass is 10.1. The third kappa shape index (κ3) is 6.37. The molecule has 6 heteroatoms. The number of hydrogen-bond acceptors (Lipinski definition) is 4. The van der Waals surface area contributed by atoms with Gasteiger partial charge < -0.3 is 20.3 Å². The van der Waals surface area contributed by atoms with Crippen molar-refractivity contribution < 1.29 is 4.74 Å². The highest BCUT2D eigenvalue weighted by Gasteiger charge is 2.13. The molecule has 0 aliphatic carbocycles. The van der Waals surface area contributed by atoms with E-state index in [1.807, 2.05) is 20.0 Å². The predicted octanol–water partition coefficient (Wildman–Crippen LogP) is 4.03. The molecule has 0 atom stereocenters. The van der Waals surface area contributed by atoms with Crippen molar-refractivity contribution in [3.8, 4) is 5.75 Å². The van der Waals surface area contributed by atoms with Gasteiger partial charge in [0.05, 0.1) is 12.6 Å². The Balaban J connectivity index is 1.62. The third-order valence-electron chi connectivity index (χ3n) is 5.03. The van der Waals surface area contributed by atoms with Crippen LogP contribution in [-0.2, 0) is 13.1 Å². The lowest BCUT2D eigenvalue weighted by Gasteiger charge is -2.17. The maximum atomic E-state index is 5.99. The molecule has 1 aliphatic heterocycles. The Morgan fingerprint density at radius 2 is 1.97 bits per heavy atom. The zero-order chi connectivity index (χ0) is 21.3. The van der Waals surface area contributed by atoms with Crippen LogP contribution in [0.1, 0.15) is 50.3 Å². The van der Waals surface area contributed by atoms with Crippen LogP contribution in [0.4, 0.5) is 5.82 Å². The van der Waals surface area contributed by atoms with Crippen molar-refractivity contribution in [2.75, 3.05) is 24.5 Å². The van der Waals surface area contributed by atoms with Crippen LogP contribution in [-0.4, -0.2) is 36.7 Å². The van der Waals surface area contributed by atoms with Crippen molar-refractivity contribution in [2.45, 2.75) is 59.7 Å². The van der Waals surface area contributed by atoms with E-state index in [1.54, 1.807) is 0 Å². The number of nitrogens with one attached hydrogen (secondary N) is 2. The Bertz CT molecular complexity index is 826. The Labute approximate surface area is 180 Å². The van der Waals surface area contributed by atoms with Gasteiger partial charge in [-0.15, -0.1) is 0 Å². The van der Waals surface area contributed by atoms with Gasteiger partial charge in [-0.05, 0) is 63.8 Å². The number of rotatable bonds is 8. The smallest absolute Gasteiger partial charge is 0.191 e. The minimum atomic E-state index is 0.142. The monoisotopic (exact) mass is 409 g/mol. The van der Waals surface area contributed by atoms with E-state index in [0.717, 1.165) is 48.3 Å². The Morgan fingerprint density at radius 3 is 2.63 bits per heavy atom. The molecule has 1 aromatic carbocycles. The number of benzene rings is 1. The number of hydrogen-bond donors (Lipinski definition) is 2. The molecule has 3 rings (SSSR count). The van der Waals surface area contributed by atoms with Crippen molar-refractivity contribution in [3.05, 3.63) is 53.2 Å². The molecule has 6 nitrogen and oxygen atoms in total. The molecule has 0 unspecified atom stereocenters. The van der Waals surface area contributed by atoms with Crippen molar-refractivity contribution in [2.24, 2.45) is 4.99 Å². The van der Waals surface area contributed by atoms with Crippen LogP contribution in [0.15, 0.2) is 41.5 Å². The molecule has 0 bridgehead atoms. The predicted molar refractivity (Wildman–Crippen MR) is 124 cm³/mol. The number of aromatic nitrogens is 1. The van der Waals surface area contributed by atoms with E-state index < -0.39 is 0 Å². The summed E-state index contributed by atoms with van der Waals surface area (Å²) >= 11 is 0. The summed E-state index contributed by atoms with van der Waals surface area (Å²) in [5.41, 5.74) is 3.42. The molecular weight excluding hydrogens is 374 g/mol. The van der Waals surface area contributed by atoms with Gasteiger partial charge in [0.15, 0.2) is 5.96 Å². The Hall–Kier alpha value is -2.76. The van der Waals surface area contributed by atoms with E-state index in [-0.39, 0.29) is 6.10 Å². The van der Waals surface area contributed by atoms with Gasteiger partial charge in [0.2, 0.25) is 0 Å². The standard InChI is InChI=1S/C24H35N5O/c1-5-25-24(28-17-21-10-8-19(4)14-22(21)30-18(2)3)27-16-20-9-11-23(26-15-20)29-12-6-7-13-29/h8-11,14-15,18H,5-7,12-13,16-17H2,1-4H3,(H2,25,27,28). The van der Waals surface area contributed by atoms with Crippen molar-refractivity contribution >= 4 is 11.8 Å². The van der Waals surface area contributed by atoms with E-state index in [9.17, 15) is 0 Å². The van der Waals surface area contributed by atoms with Gasteiger partial charge in [-0.25, -0.2) is 9.98 Å². The second-order valence-corrected chi connectivity index (χ2v) is 8.05. The molecule has 162 valence electrons. The molecule has 0 spiro atoms. The van der Waals surface area contributed by atoms with Gasteiger partial charge in [0, 0.05) is 37.9 Å². The molecule has 1 aliphatic rings. The number of pyridine rings is 1. The molecule has 2 N–H and O–H groups in total. The quantitative estimate of drug-likeness (QED) is 0.509. The summed E-state index contributed by atoms with van der Waals surface area (Å²) in [5, 5.41) is 6.75. The van der Waals surface area contributed by atoms with Crippen LogP contribution >= 0.6 is 0 Å². The zero-order valence-corrected chi connectivity index (χ0v) is 18.7. The van der Waals surface area contributed by atoms with Crippen LogP contribution in [0.25, 0.3) is 0 Å². The maximum absolute atomic E-state index is 5.99. The summed E-state index contributed by atoms with van der Waals surface area (Å²) < 4.78 is 5.99. The zero-order valence-electron chi connectivity index (χ0n) is 18.7. The van der Waals surface area contributed by atoms with Gasteiger partial charge in [0.25, 0.3) is 0 Å². The number of ether oxygens (including phenoxy) is 1. The summed E-state index contributed by atoms with van der Waals surface area (Å²) in [6.07, 6.45) is 4.60. The van der Waals surface area contributed by atoms with Gasteiger partial charge in [-0.1, -0.05) is 18.2 Å². The third-order valence-corrected chi connectivity index (χ3v) is 5.03.